The lowest BCUT2D eigenvalue weighted by molar-refractivity contribution is -0.138. The maximum Gasteiger partial charge on any atom is 0.322 e. The van der Waals surface area contributed by atoms with Crippen molar-refractivity contribution in [1.29, 1.82) is 0 Å². The lowest BCUT2D eigenvalue weighted by Crippen LogP contribution is -2.48. The Morgan fingerprint density at radius 3 is 1.96 bits per heavy atom. The molecule has 0 saturated heterocycles. The first-order valence-corrected chi connectivity index (χ1v) is 9.94. The summed E-state index contributed by atoms with van der Waals surface area (Å²) < 4.78 is 0. The van der Waals surface area contributed by atoms with Crippen molar-refractivity contribution in [2.45, 2.75) is 90.0 Å². The molecule has 5 N–H and O–H groups in total. The molecular weight excluding hydrogens is 350 g/mol. The minimum Gasteiger partial charge on any atom is -0.480 e. The first kappa shape index (κ1) is 24.9. The van der Waals surface area contributed by atoms with E-state index in [9.17, 15) is 19.2 Å². The summed E-state index contributed by atoms with van der Waals surface area (Å²) in [5.41, 5.74) is 5.08. The highest BCUT2D eigenvalue weighted by Gasteiger charge is 2.21. The molecule has 0 aromatic rings. The lowest BCUT2D eigenvalue weighted by atomic mass is 10.1. The van der Waals surface area contributed by atoms with Gasteiger partial charge in [-0.15, -0.1) is 0 Å². The van der Waals surface area contributed by atoms with E-state index in [4.69, 9.17) is 10.8 Å². The second-order valence-corrected chi connectivity index (χ2v) is 6.82. The van der Waals surface area contributed by atoms with E-state index in [-0.39, 0.29) is 18.7 Å². The van der Waals surface area contributed by atoms with Gasteiger partial charge in [-0.05, 0) is 12.8 Å². The normalized spacial score (nSPS) is 11.6. The molecule has 8 nitrogen and oxygen atoms in total. The number of carbonyl (C=O) groups excluding carboxylic acids is 3. The van der Waals surface area contributed by atoms with Crippen molar-refractivity contribution in [3.63, 3.8) is 0 Å². The summed E-state index contributed by atoms with van der Waals surface area (Å²) in [6, 6.07) is -0.956. The summed E-state index contributed by atoms with van der Waals surface area (Å²) in [4.78, 5) is 45.5. The summed E-state index contributed by atoms with van der Waals surface area (Å²) in [5.74, 6) is -2.67. The maximum absolute atomic E-state index is 12.0. The van der Waals surface area contributed by atoms with E-state index in [1.54, 1.807) is 0 Å². The zero-order chi connectivity index (χ0) is 20.5. The molecule has 0 radical (unpaired) electrons. The smallest absolute Gasteiger partial charge is 0.322 e. The van der Waals surface area contributed by atoms with Crippen LogP contribution in [0.2, 0.25) is 0 Å². The molecule has 3 amide bonds. The van der Waals surface area contributed by atoms with Crippen LogP contribution in [0.25, 0.3) is 0 Å². The molecule has 0 aromatic carbocycles. The van der Waals surface area contributed by atoms with Crippen LogP contribution in [0, 0.1) is 0 Å². The van der Waals surface area contributed by atoms with Gasteiger partial charge in [-0.1, -0.05) is 58.3 Å². The highest BCUT2D eigenvalue weighted by molar-refractivity contribution is 5.89. The van der Waals surface area contributed by atoms with E-state index in [0.717, 1.165) is 19.3 Å². The molecule has 8 heteroatoms. The molecular formula is C19H35N3O5. The summed E-state index contributed by atoms with van der Waals surface area (Å²) in [6.07, 6.45) is 10.5. The fourth-order valence-electron chi connectivity index (χ4n) is 2.70. The maximum atomic E-state index is 12.0. The second-order valence-electron chi connectivity index (χ2n) is 6.82. The number of carboxylic acid groups (broad SMARTS) is 1. The minimum absolute atomic E-state index is 0.0459. The first-order chi connectivity index (χ1) is 12.9. The summed E-state index contributed by atoms with van der Waals surface area (Å²) in [5, 5.41) is 13.4. The van der Waals surface area contributed by atoms with Gasteiger partial charge in [0, 0.05) is 12.8 Å². The van der Waals surface area contributed by atoms with Crippen LogP contribution in [0.15, 0.2) is 0 Å². The Hall–Kier alpha value is -2.12. The third kappa shape index (κ3) is 15.8. The summed E-state index contributed by atoms with van der Waals surface area (Å²) in [7, 11) is 0. The van der Waals surface area contributed by atoms with Gasteiger partial charge in [-0.2, -0.15) is 0 Å². The molecule has 0 aliphatic heterocycles. The SMILES string of the molecule is CCCCCCCCCCCC(=O)N[C@@H](CCC(N)=O)C(=O)NCC(=O)O. The van der Waals surface area contributed by atoms with Gasteiger partial charge in [-0.3, -0.25) is 19.2 Å². The molecule has 0 rings (SSSR count). The van der Waals surface area contributed by atoms with E-state index >= 15 is 0 Å². The molecule has 0 aliphatic carbocycles. The monoisotopic (exact) mass is 385 g/mol. The molecule has 0 aromatic heterocycles. The van der Waals surface area contributed by atoms with Crippen LogP contribution in [0.5, 0.6) is 0 Å². The Balaban J connectivity index is 4.07. The van der Waals surface area contributed by atoms with Crippen molar-refractivity contribution in [3.8, 4) is 0 Å². The van der Waals surface area contributed by atoms with Gasteiger partial charge in [0.2, 0.25) is 17.7 Å². The van der Waals surface area contributed by atoms with E-state index in [0.29, 0.717) is 6.42 Å². The van der Waals surface area contributed by atoms with E-state index in [2.05, 4.69) is 17.6 Å². The zero-order valence-electron chi connectivity index (χ0n) is 16.4. The van der Waals surface area contributed by atoms with Gasteiger partial charge < -0.3 is 21.5 Å². The molecule has 0 heterocycles. The average molecular weight is 386 g/mol. The van der Waals surface area contributed by atoms with Crippen LogP contribution in [0.4, 0.5) is 0 Å². The second kappa shape index (κ2) is 16.1. The Kier molecular flexibility index (Phi) is 14.8. The predicted octanol–water partition coefficient (Wildman–Crippen LogP) is 1.86. The molecule has 0 unspecified atom stereocenters. The number of carboxylic acids is 1. The van der Waals surface area contributed by atoms with E-state index < -0.39 is 30.4 Å². The van der Waals surface area contributed by atoms with Gasteiger partial charge >= 0.3 is 5.97 Å². The average Bonchev–Trinajstić information content (AvgIpc) is 2.61. The minimum atomic E-state index is -1.18. The van der Waals surface area contributed by atoms with Gasteiger partial charge in [0.05, 0.1) is 0 Å². The number of hydrogen-bond donors (Lipinski definition) is 4. The number of unbranched alkanes of at least 4 members (excludes halogenated alkanes) is 8. The van der Waals surface area contributed by atoms with Crippen molar-refractivity contribution in [3.05, 3.63) is 0 Å². The number of aliphatic carboxylic acids is 1. The van der Waals surface area contributed by atoms with Crippen LogP contribution < -0.4 is 16.4 Å². The van der Waals surface area contributed by atoms with Crippen LogP contribution in [0.1, 0.15) is 84.0 Å². The van der Waals surface area contributed by atoms with Crippen molar-refractivity contribution < 1.29 is 24.3 Å². The van der Waals surface area contributed by atoms with Crippen LogP contribution >= 0.6 is 0 Å². The van der Waals surface area contributed by atoms with E-state index in [1.807, 2.05) is 0 Å². The van der Waals surface area contributed by atoms with Crippen molar-refractivity contribution in [2.24, 2.45) is 5.73 Å². The number of amides is 3. The molecule has 0 saturated carbocycles. The Morgan fingerprint density at radius 2 is 1.44 bits per heavy atom. The number of nitrogens with one attached hydrogen (secondary N) is 2. The van der Waals surface area contributed by atoms with Gasteiger partial charge in [0.15, 0.2) is 0 Å². The Bertz CT molecular complexity index is 468. The Morgan fingerprint density at radius 1 is 0.889 bits per heavy atom. The molecule has 0 bridgehead atoms. The Labute approximate surface area is 161 Å². The fraction of sp³-hybridized carbons (Fsp3) is 0.789. The summed E-state index contributed by atoms with van der Waals surface area (Å²) in [6.45, 7) is 1.65. The largest absolute Gasteiger partial charge is 0.480 e. The molecule has 0 fully saturated rings. The van der Waals surface area contributed by atoms with Gasteiger partial charge in [-0.25, -0.2) is 0 Å². The van der Waals surface area contributed by atoms with Crippen LogP contribution in [-0.4, -0.2) is 41.4 Å². The number of primary amides is 1. The van der Waals surface area contributed by atoms with Crippen molar-refractivity contribution >= 4 is 23.7 Å². The molecule has 27 heavy (non-hydrogen) atoms. The third-order valence-corrected chi connectivity index (χ3v) is 4.25. The number of hydrogen-bond acceptors (Lipinski definition) is 4. The van der Waals surface area contributed by atoms with Crippen LogP contribution in [-0.2, 0) is 19.2 Å². The lowest BCUT2D eigenvalue weighted by Gasteiger charge is -2.17. The quantitative estimate of drug-likeness (QED) is 0.283. The topological polar surface area (TPSA) is 139 Å². The zero-order valence-corrected chi connectivity index (χ0v) is 16.4. The predicted molar refractivity (Wildman–Crippen MR) is 103 cm³/mol. The number of carbonyl (C=O) groups is 4. The van der Waals surface area contributed by atoms with Crippen molar-refractivity contribution in [2.75, 3.05) is 6.54 Å². The highest BCUT2D eigenvalue weighted by Crippen LogP contribution is 2.10. The number of rotatable bonds is 17. The van der Waals surface area contributed by atoms with Gasteiger partial charge in [0.25, 0.3) is 0 Å². The highest BCUT2D eigenvalue weighted by atomic mass is 16.4. The van der Waals surface area contributed by atoms with Crippen molar-refractivity contribution in [1.82, 2.24) is 10.6 Å². The number of nitrogens with two attached hydrogens (primary N) is 1. The van der Waals surface area contributed by atoms with Gasteiger partial charge in [0.1, 0.15) is 12.6 Å². The fourth-order valence-corrected chi connectivity index (χ4v) is 2.70. The third-order valence-electron chi connectivity index (χ3n) is 4.25. The van der Waals surface area contributed by atoms with E-state index in [1.165, 1.54) is 38.5 Å². The van der Waals surface area contributed by atoms with Crippen LogP contribution in [0.3, 0.4) is 0 Å². The summed E-state index contributed by atoms with van der Waals surface area (Å²) >= 11 is 0. The molecule has 1 atom stereocenters. The molecule has 0 spiro atoms. The standard InChI is InChI=1S/C19H35N3O5/c1-2-3-4-5-6-7-8-9-10-11-17(24)22-15(12-13-16(20)23)19(27)21-14-18(25)26/h15H,2-14H2,1H3,(H2,20,23)(H,21,27)(H,22,24)(H,25,26)/t15-/m0/s1. The first-order valence-electron chi connectivity index (χ1n) is 9.94. The molecule has 156 valence electrons. The molecule has 0 aliphatic rings.